The molecule has 0 fully saturated rings. The molecule has 0 heterocycles. The Morgan fingerprint density at radius 3 is 1.43 bits per heavy atom. The van der Waals surface area contributed by atoms with Gasteiger partial charge in [-0.05, 0) is 32.1 Å². The van der Waals surface area contributed by atoms with Gasteiger partial charge in [0.1, 0.15) is 0 Å². The van der Waals surface area contributed by atoms with Crippen LogP contribution in [0.3, 0.4) is 0 Å². The Bertz CT molecular complexity index is 544. The summed E-state index contributed by atoms with van der Waals surface area (Å²) in [5, 5.41) is 29.2. The second-order valence-electron chi connectivity index (χ2n) is 9.94. The molecule has 0 spiro atoms. The number of aliphatic carboxylic acids is 3. The monoisotopic (exact) mass is 497 g/mol. The van der Waals surface area contributed by atoms with Crippen LogP contribution in [0.15, 0.2) is 12.2 Å². The van der Waals surface area contributed by atoms with Crippen molar-refractivity contribution in [3.63, 3.8) is 0 Å². The summed E-state index contributed by atoms with van der Waals surface area (Å²) in [6.45, 7) is 3.52. The molecule has 0 rings (SSSR count). The van der Waals surface area contributed by atoms with E-state index in [1.165, 1.54) is 70.6 Å². The second kappa shape index (κ2) is 22.6. The smallest absolute Gasteiger partial charge is 0.309 e. The van der Waals surface area contributed by atoms with E-state index >= 15 is 0 Å². The van der Waals surface area contributed by atoms with E-state index in [1.807, 2.05) is 0 Å². The molecule has 35 heavy (non-hydrogen) atoms. The molecule has 7 nitrogen and oxygen atoms in total. The van der Waals surface area contributed by atoms with Crippen LogP contribution in [0.5, 0.6) is 0 Å². The van der Waals surface area contributed by atoms with Crippen molar-refractivity contribution >= 4 is 17.9 Å². The first-order valence-electron chi connectivity index (χ1n) is 13.9. The predicted octanol–water partition coefficient (Wildman–Crippen LogP) is 5.32. The Morgan fingerprint density at radius 2 is 1.00 bits per heavy atom. The normalized spacial score (nSPS) is 11.8. The Kier molecular flexibility index (Phi) is 21.3. The largest absolute Gasteiger partial charge is 0.550 e. The van der Waals surface area contributed by atoms with Gasteiger partial charge >= 0.3 is 11.9 Å². The first-order chi connectivity index (χ1) is 16.8. The number of hydrogen-bond acceptors (Lipinski definition) is 4. The summed E-state index contributed by atoms with van der Waals surface area (Å²) < 4.78 is 0.203. The number of nitrogens with zero attached hydrogens (tertiary/aromatic N) is 1. The maximum absolute atomic E-state index is 11.1. The van der Waals surface area contributed by atoms with Crippen LogP contribution in [0.4, 0.5) is 0 Å². The number of carbonyl (C=O) groups excluding carboxylic acids is 1. The SMILES string of the molecule is CCCCCCCCCCCCC/C=C/CCCC[N+](CCC(=O)[O-])(CCC(=O)O)CCC(=O)O. The zero-order valence-corrected chi connectivity index (χ0v) is 22.2. The topological polar surface area (TPSA) is 115 Å². The molecule has 0 aliphatic carbocycles. The van der Waals surface area contributed by atoms with Gasteiger partial charge in [-0.15, -0.1) is 0 Å². The van der Waals surface area contributed by atoms with Crippen molar-refractivity contribution < 1.29 is 34.2 Å². The van der Waals surface area contributed by atoms with E-state index in [9.17, 15) is 19.5 Å². The number of allylic oxidation sites excluding steroid dienone is 2. The van der Waals surface area contributed by atoms with Gasteiger partial charge in [-0.25, -0.2) is 0 Å². The van der Waals surface area contributed by atoms with E-state index in [0.717, 1.165) is 25.7 Å². The van der Waals surface area contributed by atoms with Gasteiger partial charge in [-0.2, -0.15) is 0 Å². The number of rotatable bonds is 26. The average molecular weight is 498 g/mol. The van der Waals surface area contributed by atoms with Gasteiger partial charge < -0.3 is 24.6 Å². The Morgan fingerprint density at radius 1 is 0.600 bits per heavy atom. The van der Waals surface area contributed by atoms with Crippen LogP contribution in [-0.2, 0) is 14.4 Å². The van der Waals surface area contributed by atoms with Crippen LogP contribution in [-0.4, -0.2) is 58.8 Å². The molecule has 7 heteroatoms. The van der Waals surface area contributed by atoms with E-state index in [2.05, 4.69) is 19.1 Å². The molecule has 0 aliphatic heterocycles. The highest BCUT2D eigenvalue weighted by Gasteiger charge is 2.28. The van der Waals surface area contributed by atoms with Gasteiger partial charge in [-0.1, -0.05) is 83.3 Å². The zero-order chi connectivity index (χ0) is 26.2. The van der Waals surface area contributed by atoms with E-state index in [0.29, 0.717) is 6.54 Å². The lowest BCUT2D eigenvalue weighted by molar-refractivity contribution is -0.927. The third-order valence-electron chi connectivity index (χ3n) is 6.78. The van der Waals surface area contributed by atoms with Gasteiger partial charge in [0.15, 0.2) is 0 Å². The zero-order valence-electron chi connectivity index (χ0n) is 22.2. The molecule has 2 N–H and O–H groups in total. The molecule has 0 radical (unpaired) electrons. The maximum Gasteiger partial charge on any atom is 0.309 e. The van der Waals surface area contributed by atoms with Gasteiger partial charge in [0.2, 0.25) is 0 Å². The van der Waals surface area contributed by atoms with E-state index in [4.69, 9.17) is 10.2 Å². The molecule has 0 aliphatic rings. The molecule has 0 aromatic rings. The number of carboxylic acid groups (broad SMARTS) is 3. The standard InChI is InChI=1S/C28H51NO6/c1-2-3-4-5-6-7-8-9-10-11-12-13-14-15-16-17-18-22-29(23-19-26(30)31,24-20-27(32)33)25-21-28(34)35/h14-15H,2-13,16-25H2,1H3,(H2-,30,31,32,33,34,35)/b15-14+. The van der Waals surface area contributed by atoms with E-state index < -0.39 is 17.9 Å². The minimum atomic E-state index is -1.19. The van der Waals surface area contributed by atoms with Crippen LogP contribution < -0.4 is 5.11 Å². The lowest BCUT2D eigenvalue weighted by Gasteiger charge is -2.38. The first-order valence-corrected chi connectivity index (χ1v) is 13.9. The Hall–Kier alpha value is -1.89. The predicted molar refractivity (Wildman–Crippen MR) is 138 cm³/mol. The van der Waals surface area contributed by atoms with Gasteiger partial charge in [0.25, 0.3) is 0 Å². The molecule has 0 aromatic carbocycles. The highest BCUT2D eigenvalue weighted by atomic mass is 16.4. The number of unbranched alkanes of at least 4 members (excludes halogenated alkanes) is 13. The van der Waals surface area contributed by atoms with Crippen LogP contribution in [0.25, 0.3) is 0 Å². The van der Waals surface area contributed by atoms with Crippen LogP contribution in [0.1, 0.15) is 122 Å². The molecule has 204 valence electrons. The fourth-order valence-electron chi connectivity index (χ4n) is 4.54. The van der Waals surface area contributed by atoms with Crippen molar-refractivity contribution in [2.45, 2.75) is 122 Å². The second-order valence-corrected chi connectivity index (χ2v) is 9.94. The number of carboxylic acids is 3. The summed E-state index contributed by atoms with van der Waals surface area (Å²) in [4.78, 5) is 33.2. The molecule has 0 unspecified atom stereocenters. The van der Waals surface area contributed by atoms with Crippen molar-refractivity contribution in [3.8, 4) is 0 Å². The van der Waals surface area contributed by atoms with E-state index in [-0.39, 0.29) is 43.4 Å². The summed E-state index contributed by atoms with van der Waals surface area (Å²) >= 11 is 0. The summed E-state index contributed by atoms with van der Waals surface area (Å²) in [5.74, 6) is -3.10. The molecule has 0 saturated carbocycles. The molecule has 0 saturated heterocycles. The van der Waals surface area contributed by atoms with Crippen LogP contribution in [0.2, 0.25) is 0 Å². The molecule has 0 amide bonds. The highest BCUT2D eigenvalue weighted by molar-refractivity contribution is 5.67. The fourth-order valence-corrected chi connectivity index (χ4v) is 4.54. The van der Waals surface area contributed by atoms with Crippen LogP contribution in [0, 0.1) is 0 Å². The Labute approximate surface area is 213 Å². The number of carbonyl (C=O) groups is 3. The number of quaternary nitrogens is 1. The van der Waals surface area contributed by atoms with Gasteiger partial charge in [0, 0.05) is 12.4 Å². The minimum Gasteiger partial charge on any atom is -0.550 e. The minimum absolute atomic E-state index is 0.106. The lowest BCUT2D eigenvalue weighted by atomic mass is 10.1. The van der Waals surface area contributed by atoms with Crippen molar-refractivity contribution in [3.05, 3.63) is 12.2 Å². The maximum atomic E-state index is 11.1. The van der Waals surface area contributed by atoms with Crippen molar-refractivity contribution in [1.29, 1.82) is 0 Å². The van der Waals surface area contributed by atoms with Crippen molar-refractivity contribution in [2.24, 2.45) is 0 Å². The van der Waals surface area contributed by atoms with E-state index in [1.54, 1.807) is 0 Å². The summed E-state index contributed by atoms with van der Waals surface area (Å²) in [6, 6.07) is 0. The lowest BCUT2D eigenvalue weighted by Crippen LogP contribution is -2.53. The third-order valence-corrected chi connectivity index (χ3v) is 6.78. The number of hydrogen-bond donors (Lipinski definition) is 2. The molecular weight excluding hydrogens is 446 g/mol. The fraction of sp³-hybridized carbons (Fsp3) is 0.821. The Balaban J connectivity index is 4.10. The quantitative estimate of drug-likeness (QED) is 0.0949. The summed E-state index contributed by atoms with van der Waals surface area (Å²) in [6.07, 6.45) is 22.5. The van der Waals surface area contributed by atoms with Gasteiger partial charge in [0.05, 0.1) is 39.0 Å². The molecule has 0 atom stereocenters. The summed E-state index contributed by atoms with van der Waals surface area (Å²) in [5.41, 5.74) is 0. The van der Waals surface area contributed by atoms with Crippen molar-refractivity contribution in [2.75, 3.05) is 26.2 Å². The summed E-state index contributed by atoms with van der Waals surface area (Å²) in [7, 11) is 0. The van der Waals surface area contributed by atoms with Gasteiger partial charge in [-0.3, -0.25) is 9.59 Å². The van der Waals surface area contributed by atoms with Crippen LogP contribution >= 0.6 is 0 Å². The first kappa shape index (κ1) is 33.1. The molecule has 0 aromatic heterocycles. The van der Waals surface area contributed by atoms with Crippen molar-refractivity contribution in [1.82, 2.24) is 0 Å². The average Bonchev–Trinajstić information content (AvgIpc) is 2.81. The third kappa shape index (κ3) is 22.3. The molecular formula is C28H51NO6. The molecule has 0 bridgehead atoms. The highest BCUT2D eigenvalue weighted by Crippen LogP contribution is 2.16.